The number of nitrogens with one attached hydrogen (secondary N) is 1. The van der Waals surface area contributed by atoms with Gasteiger partial charge in [-0.2, -0.15) is 0 Å². The number of benzene rings is 2. The van der Waals surface area contributed by atoms with Crippen LogP contribution in [0, 0.1) is 0 Å². The molecule has 24 heavy (non-hydrogen) atoms. The number of amides is 1. The van der Waals surface area contributed by atoms with Crippen LogP contribution in [0.25, 0.3) is 0 Å². The van der Waals surface area contributed by atoms with E-state index < -0.39 is 5.91 Å². The molecule has 0 aliphatic carbocycles. The van der Waals surface area contributed by atoms with Crippen molar-refractivity contribution in [2.75, 3.05) is 19.0 Å². The molecule has 0 aliphatic heterocycles. The van der Waals surface area contributed by atoms with Gasteiger partial charge in [0, 0.05) is 10.6 Å². The Bertz CT molecular complexity index is 757. The van der Waals surface area contributed by atoms with Crippen molar-refractivity contribution >= 4 is 52.7 Å². The van der Waals surface area contributed by atoms with Gasteiger partial charge in [-0.25, -0.2) is 0 Å². The van der Waals surface area contributed by atoms with E-state index in [2.05, 4.69) is 5.32 Å². The maximum atomic E-state index is 12.0. The van der Waals surface area contributed by atoms with Crippen molar-refractivity contribution in [1.29, 1.82) is 0 Å². The molecule has 0 aromatic heterocycles. The minimum absolute atomic E-state index is 0.210. The van der Waals surface area contributed by atoms with E-state index in [0.29, 0.717) is 22.6 Å². The number of halogens is 3. The molecule has 0 bridgehead atoms. The number of aldehydes is 1. The third-order valence-corrected chi connectivity index (χ3v) is 3.77. The van der Waals surface area contributed by atoms with E-state index in [-0.39, 0.29) is 28.1 Å². The highest BCUT2D eigenvalue weighted by Crippen LogP contribution is 2.33. The fraction of sp³-hybridized carbons (Fsp3) is 0.125. The molecule has 0 saturated heterocycles. The zero-order valence-corrected chi connectivity index (χ0v) is 14.7. The summed E-state index contributed by atoms with van der Waals surface area (Å²) < 4.78 is 10.5. The van der Waals surface area contributed by atoms with E-state index in [1.807, 2.05) is 0 Å². The molecule has 2 rings (SSSR count). The number of methoxy groups -OCH3 is 1. The number of rotatable bonds is 6. The van der Waals surface area contributed by atoms with Gasteiger partial charge in [0.05, 0.1) is 22.8 Å². The Morgan fingerprint density at radius 2 is 1.79 bits per heavy atom. The van der Waals surface area contributed by atoms with E-state index >= 15 is 0 Å². The SMILES string of the molecule is COc1ccc(C=O)cc1OCC(=O)Nc1c(Cl)cc(Cl)cc1Cl. The maximum absolute atomic E-state index is 12.0. The lowest BCUT2D eigenvalue weighted by Gasteiger charge is -2.12. The summed E-state index contributed by atoms with van der Waals surface area (Å²) in [5.74, 6) is 0.182. The maximum Gasteiger partial charge on any atom is 0.262 e. The molecule has 8 heteroatoms. The highest BCUT2D eigenvalue weighted by Gasteiger charge is 2.13. The molecule has 0 spiro atoms. The number of hydrogen-bond acceptors (Lipinski definition) is 4. The van der Waals surface area contributed by atoms with Gasteiger partial charge in [-0.05, 0) is 30.3 Å². The van der Waals surface area contributed by atoms with Crippen LogP contribution in [-0.4, -0.2) is 25.9 Å². The summed E-state index contributed by atoms with van der Waals surface area (Å²) in [5.41, 5.74) is 0.639. The zero-order chi connectivity index (χ0) is 17.7. The van der Waals surface area contributed by atoms with Crippen molar-refractivity contribution < 1.29 is 19.1 Å². The summed E-state index contributed by atoms with van der Waals surface area (Å²) >= 11 is 17.8. The molecule has 1 N–H and O–H groups in total. The predicted molar refractivity (Wildman–Crippen MR) is 94.0 cm³/mol. The lowest BCUT2D eigenvalue weighted by atomic mass is 10.2. The predicted octanol–water partition coefficient (Wildman–Crippen LogP) is 4.49. The molecule has 0 unspecified atom stereocenters. The van der Waals surface area contributed by atoms with Crippen molar-refractivity contribution in [3.63, 3.8) is 0 Å². The second-order valence-corrected chi connectivity index (χ2v) is 5.86. The van der Waals surface area contributed by atoms with Crippen LogP contribution in [0.3, 0.4) is 0 Å². The van der Waals surface area contributed by atoms with Crippen LogP contribution < -0.4 is 14.8 Å². The number of hydrogen-bond donors (Lipinski definition) is 1. The standard InChI is InChI=1S/C16H12Cl3NO4/c1-23-13-3-2-9(7-21)4-14(13)24-8-15(22)20-16-11(18)5-10(17)6-12(16)19/h2-7H,8H2,1H3,(H,20,22). The van der Waals surface area contributed by atoms with E-state index in [1.165, 1.54) is 25.3 Å². The lowest BCUT2D eigenvalue weighted by molar-refractivity contribution is -0.118. The average Bonchev–Trinajstić information content (AvgIpc) is 2.55. The first-order valence-corrected chi connectivity index (χ1v) is 7.78. The molecule has 1 amide bonds. The zero-order valence-electron chi connectivity index (χ0n) is 12.4. The Morgan fingerprint density at radius 1 is 1.12 bits per heavy atom. The van der Waals surface area contributed by atoms with Gasteiger partial charge in [0.15, 0.2) is 18.1 Å². The highest BCUT2D eigenvalue weighted by atomic mass is 35.5. The van der Waals surface area contributed by atoms with Gasteiger partial charge in [0.1, 0.15) is 6.29 Å². The van der Waals surface area contributed by atoms with Gasteiger partial charge in [-0.15, -0.1) is 0 Å². The van der Waals surface area contributed by atoms with Gasteiger partial charge in [0.25, 0.3) is 5.91 Å². The van der Waals surface area contributed by atoms with Crippen LogP contribution in [0.15, 0.2) is 30.3 Å². The third kappa shape index (κ3) is 4.54. The van der Waals surface area contributed by atoms with Gasteiger partial charge < -0.3 is 14.8 Å². The Hall–Kier alpha value is -1.95. The van der Waals surface area contributed by atoms with Crippen LogP contribution in [0.5, 0.6) is 11.5 Å². The largest absolute Gasteiger partial charge is 0.493 e. The lowest BCUT2D eigenvalue weighted by Crippen LogP contribution is -2.20. The van der Waals surface area contributed by atoms with Gasteiger partial charge >= 0.3 is 0 Å². The first kappa shape index (κ1) is 18.4. The topological polar surface area (TPSA) is 64.6 Å². The van der Waals surface area contributed by atoms with Crippen LogP contribution in [0.1, 0.15) is 10.4 Å². The minimum atomic E-state index is -0.486. The summed E-state index contributed by atoms with van der Waals surface area (Å²) in [4.78, 5) is 22.9. The molecule has 0 fully saturated rings. The fourth-order valence-electron chi connectivity index (χ4n) is 1.86. The van der Waals surface area contributed by atoms with Crippen molar-refractivity contribution in [3.05, 3.63) is 51.0 Å². The van der Waals surface area contributed by atoms with E-state index in [1.54, 1.807) is 12.1 Å². The van der Waals surface area contributed by atoms with Crippen LogP contribution in [0.2, 0.25) is 15.1 Å². The van der Waals surface area contributed by atoms with Gasteiger partial charge in [-0.3, -0.25) is 9.59 Å². The Labute approximate surface area is 153 Å². The smallest absolute Gasteiger partial charge is 0.262 e. The molecule has 0 atom stereocenters. The van der Waals surface area contributed by atoms with Gasteiger partial charge in [0.2, 0.25) is 0 Å². The number of carbonyl (C=O) groups is 2. The summed E-state index contributed by atoms with van der Waals surface area (Å²) in [6, 6.07) is 7.54. The van der Waals surface area contributed by atoms with E-state index in [4.69, 9.17) is 44.3 Å². The van der Waals surface area contributed by atoms with Gasteiger partial charge in [-0.1, -0.05) is 34.8 Å². The van der Waals surface area contributed by atoms with Crippen molar-refractivity contribution in [2.45, 2.75) is 0 Å². The van der Waals surface area contributed by atoms with Crippen LogP contribution in [-0.2, 0) is 4.79 Å². The Balaban J connectivity index is 2.08. The molecule has 5 nitrogen and oxygen atoms in total. The Kier molecular flexibility index (Phi) is 6.31. The third-order valence-electron chi connectivity index (χ3n) is 2.95. The summed E-state index contributed by atoms with van der Waals surface area (Å²) in [6.45, 7) is -0.325. The molecule has 0 heterocycles. The molecule has 0 saturated carbocycles. The number of ether oxygens (including phenoxy) is 2. The fourth-order valence-corrected chi connectivity index (χ4v) is 2.77. The number of anilines is 1. The molecule has 126 valence electrons. The van der Waals surface area contributed by atoms with Crippen LogP contribution in [0.4, 0.5) is 5.69 Å². The monoisotopic (exact) mass is 387 g/mol. The average molecular weight is 389 g/mol. The second-order valence-electron chi connectivity index (χ2n) is 4.61. The van der Waals surface area contributed by atoms with Crippen molar-refractivity contribution in [2.24, 2.45) is 0 Å². The highest BCUT2D eigenvalue weighted by molar-refractivity contribution is 6.42. The normalized spacial score (nSPS) is 10.2. The molecule has 2 aromatic rings. The molecule has 0 aliphatic rings. The first-order valence-electron chi connectivity index (χ1n) is 6.65. The first-order chi connectivity index (χ1) is 11.4. The number of carbonyl (C=O) groups excluding carboxylic acids is 2. The summed E-state index contributed by atoms with van der Waals surface area (Å²) in [7, 11) is 1.45. The minimum Gasteiger partial charge on any atom is -0.493 e. The van der Waals surface area contributed by atoms with Crippen molar-refractivity contribution in [1.82, 2.24) is 0 Å². The summed E-state index contributed by atoms with van der Waals surface area (Å²) in [5, 5.41) is 3.32. The molecular formula is C16H12Cl3NO4. The Morgan fingerprint density at radius 3 is 2.38 bits per heavy atom. The second kappa shape index (κ2) is 8.24. The van der Waals surface area contributed by atoms with Crippen molar-refractivity contribution in [3.8, 4) is 11.5 Å². The van der Waals surface area contributed by atoms with E-state index in [0.717, 1.165) is 0 Å². The van der Waals surface area contributed by atoms with Crippen LogP contribution >= 0.6 is 34.8 Å². The summed E-state index contributed by atoms with van der Waals surface area (Å²) in [6.07, 6.45) is 0.666. The molecular weight excluding hydrogens is 377 g/mol. The quantitative estimate of drug-likeness (QED) is 0.741. The molecule has 2 aromatic carbocycles. The molecule has 0 radical (unpaired) electrons. The van der Waals surface area contributed by atoms with E-state index in [9.17, 15) is 9.59 Å².